The number of rotatable bonds is 2. The van der Waals surface area contributed by atoms with Gasteiger partial charge in [-0.25, -0.2) is 4.79 Å². The second-order valence-corrected chi connectivity index (χ2v) is 4.75. The molecule has 0 spiro atoms. The van der Waals surface area contributed by atoms with E-state index in [1.54, 1.807) is 0 Å². The summed E-state index contributed by atoms with van der Waals surface area (Å²) >= 11 is 1.24. The van der Waals surface area contributed by atoms with Crippen molar-refractivity contribution in [1.82, 2.24) is 0 Å². The average molecular weight is 410 g/mol. The molecular formula is C11H5F6IO2. The van der Waals surface area contributed by atoms with Crippen molar-refractivity contribution in [1.29, 1.82) is 0 Å². The summed E-state index contributed by atoms with van der Waals surface area (Å²) in [6.07, 6.45) is -8.92. The molecule has 1 rings (SSSR count). The van der Waals surface area contributed by atoms with Gasteiger partial charge in [-0.2, -0.15) is 26.3 Å². The molecule has 0 fully saturated rings. The molecule has 1 aromatic carbocycles. The maximum atomic E-state index is 12.7. The van der Waals surface area contributed by atoms with Crippen LogP contribution in [0.5, 0.6) is 0 Å². The molecule has 0 atom stereocenters. The van der Waals surface area contributed by atoms with Crippen molar-refractivity contribution in [3.63, 3.8) is 0 Å². The summed E-state index contributed by atoms with van der Waals surface area (Å²) in [5.41, 5.74) is -3.60. The van der Waals surface area contributed by atoms with Gasteiger partial charge in [0.15, 0.2) is 0 Å². The minimum atomic E-state index is -5.03. The number of halogens is 7. The van der Waals surface area contributed by atoms with E-state index < -0.39 is 38.6 Å². The first-order chi connectivity index (χ1) is 8.93. The molecule has 0 bridgehead atoms. The predicted octanol–water partition coefficient (Wildman–Crippen LogP) is 4.43. The van der Waals surface area contributed by atoms with Crippen molar-refractivity contribution in [3.8, 4) is 0 Å². The van der Waals surface area contributed by atoms with Gasteiger partial charge in [-0.1, -0.05) is 0 Å². The van der Waals surface area contributed by atoms with Gasteiger partial charge < -0.3 is 5.11 Å². The molecule has 1 aromatic rings. The van der Waals surface area contributed by atoms with E-state index in [-0.39, 0.29) is 6.07 Å². The Morgan fingerprint density at radius 1 is 1.05 bits per heavy atom. The first-order valence-electron chi connectivity index (χ1n) is 4.82. The van der Waals surface area contributed by atoms with Gasteiger partial charge in [-0.15, -0.1) is 0 Å². The summed E-state index contributed by atoms with van der Waals surface area (Å²) in [6.45, 7) is 0. The molecule has 0 aliphatic rings. The third-order valence-corrected chi connectivity index (χ3v) is 3.05. The first kappa shape index (κ1) is 16.8. The Hall–Kier alpha value is -1.26. The SMILES string of the molecule is O=C(O)/C=C/c1cc(I)c(C(F)(F)F)cc1C(F)(F)F. The molecule has 1 N–H and O–H groups in total. The second-order valence-electron chi connectivity index (χ2n) is 3.59. The molecule has 0 aliphatic carbocycles. The van der Waals surface area contributed by atoms with Crippen molar-refractivity contribution >= 4 is 34.6 Å². The zero-order valence-corrected chi connectivity index (χ0v) is 11.5. The van der Waals surface area contributed by atoms with E-state index >= 15 is 0 Å². The molecule has 0 aliphatic heterocycles. The predicted molar refractivity (Wildman–Crippen MR) is 65.8 cm³/mol. The lowest BCUT2D eigenvalue weighted by Gasteiger charge is -2.16. The molecule has 0 amide bonds. The van der Waals surface area contributed by atoms with Crippen molar-refractivity contribution in [2.45, 2.75) is 12.4 Å². The second kappa shape index (κ2) is 5.62. The topological polar surface area (TPSA) is 37.3 Å². The number of carbonyl (C=O) groups is 1. The van der Waals surface area contributed by atoms with Gasteiger partial charge in [-0.3, -0.25) is 0 Å². The molecular weight excluding hydrogens is 405 g/mol. The highest BCUT2D eigenvalue weighted by Gasteiger charge is 2.39. The van der Waals surface area contributed by atoms with Gasteiger partial charge in [-0.05, 0) is 46.4 Å². The van der Waals surface area contributed by atoms with Gasteiger partial charge in [0, 0.05) is 9.65 Å². The summed E-state index contributed by atoms with van der Waals surface area (Å²) in [5, 5.41) is 8.37. The molecule has 0 unspecified atom stereocenters. The molecule has 0 aromatic heterocycles. The van der Waals surface area contributed by atoms with E-state index in [0.29, 0.717) is 18.2 Å². The maximum absolute atomic E-state index is 12.7. The minimum Gasteiger partial charge on any atom is -0.478 e. The van der Waals surface area contributed by atoms with Crippen LogP contribution in [0, 0.1) is 3.57 Å². The van der Waals surface area contributed by atoms with Crippen molar-refractivity contribution < 1.29 is 36.2 Å². The molecule has 0 saturated carbocycles. The summed E-state index contributed by atoms with van der Waals surface area (Å²) in [6, 6.07) is 0.620. The maximum Gasteiger partial charge on any atom is 0.417 e. The smallest absolute Gasteiger partial charge is 0.417 e. The summed E-state index contributed by atoms with van der Waals surface area (Å²) in [4.78, 5) is 10.3. The number of hydrogen-bond acceptors (Lipinski definition) is 1. The van der Waals surface area contributed by atoms with Crippen LogP contribution in [-0.2, 0) is 17.1 Å². The molecule has 0 heterocycles. The number of benzene rings is 1. The highest BCUT2D eigenvalue weighted by atomic mass is 127. The third-order valence-electron chi connectivity index (χ3n) is 2.16. The highest BCUT2D eigenvalue weighted by Crippen LogP contribution is 2.40. The van der Waals surface area contributed by atoms with Crippen LogP contribution in [0.15, 0.2) is 18.2 Å². The van der Waals surface area contributed by atoms with E-state index in [4.69, 9.17) is 5.11 Å². The average Bonchev–Trinajstić information content (AvgIpc) is 2.22. The van der Waals surface area contributed by atoms with Gasteiger partial charge in [0.05, 0.1) is 11.1 Å². The van der Waals surface area contributed by atoms with E-state index in [2.05, 4.69) is 0 Å². The van der Waals surface area contributed by atoms with Crippen LogP contribution in [0.2, 0.25) is 0 Å². The number of alkyl halides is 6. The summed E-state index contributed by atoms with van der Waals surface area (Å²) in [5.74, 6) is -1.51. The minimum absolute atomic E-state index is 0.0245. The largest absolute Gasteiger partial charge is 0.478 e. The number of hydrogen-bond donors (Lipinski definition) is 1. The van der Waals surface area contributed by atoms with E-state index in [9.17, 15) is 31.1 Å². The highest BCUT2D eigenvalue weighted by molar-refractivity contribution is 14.1. The Kier molecular flexibility index (Phi) is 4.72. The molecule has 0 radical (unpaired) electrons. The van der Waals surface area contributed by atoms with Crippen LogP contribution < -0.4 is 0 Å². The molecule has 20 heavy (non-hydrogen) atoms. The molecule has 0 saturated heterocycles. The fourth-order valence-corrected chi connectivity index (χ4v) is 2.15. The van der Waals surface area contributed by atoms with Crippen LogP contribution in [0.1, 0.15) is 16.7 Å². The van der Waals surface area contributed by atoms with Crippen LogP contribution in [0.4, 0.5) is 26.3 Å². The standard InChI is InChI=1S/C11H5F6IO2/c12-10(13,14)6-4-7(11(15,16)17)8(18)3-5(6)1-2-9(19)20/h1-4H,(H,19,20)/b2-1+. The Morgan fingerprint density at radius 2 is 1.55 bits per heavy atom. The summed E-state index contributed by atoms with van der Waals surface area (Å²) < 4.78 is 75.4. The van der Waals surface area contributed by atoms with Crippen LogP contribution in [-0.4, -0.2) is 11.1 Å². The fourth-order valence-electron chi connectivity index (χ4n) is 1.35. The number of aliphatic carboxylic acids is 1. The van der Waals surface area contributed by atoms with Crippen molar-refractivity contribution in [2.24, 2.45) is 0 Å². The monoisotopic (exact) mass is 410 g/mol. The van der Waals surface area contributed by atoms with Gasteiger partial charge >= 0.3 is 18.3 Å². The lowest BCUT2D eigenvalue weighted by atomic mass is 10.0. The Bertz CT molecular complexity index is 559. The van der Waals surface area contributed by atoms with Gasteiger partial charge in [0.2, 0.25) is 0 Å². The van der Waals surface area contributed by atoms with E-state index in [0.717, 1.165) is 0 Å². The lowest BCUT2D eigenvalue weighted by molar-refractivity contribution is -0.143. The van der Waals surface area contributed by atoms with Crippen LogP contribution in [0.25, 0.3) is 6.08 Å². The number of carboxylic acid groups (broad SMARTS) is 1. The third kappa shape index (κ3) is 4.12. The van der Waals surface area contributed by atoms with Crippen LogP contribution in [0.3, 0.4) is 0 Å². The molecule has 9 heteroatoms. The van der Waals surface area contributed by atoms with Crippen molar-refractivity contribution in [3.05, 3.63) is 38.5 Å². The Morgan fingerprint density at radius 3 is 1.95 bits per heavy atom. The lowest BCUT2D eigenvalue weighted by Crippen LogP contribution is -2.14. The van der Waals surface area contributed by atoms with Gasteiger partial charge in [0.25, 0.3) is 0 Å². The van der Waals surface area contributed by atoms with Crippen molar-refractivity contribution in [2.75, 3.05) is 0 Å². The fraction of sp³-hybridized carbons (Fsp3) is 0.182. The molecule has 110 valence electrons. The normalized spacial score (nSPS) is 12.9. The van der Waals surface area contributed by atoms with E-state index in [1.165, 1.54) is 22.6 Å². The quantitative estimate of drug-likeness (QED) is 0.445. The first-order valence-corrected chi connectivity index (χ1v) is 5.89. The molecule has 2 nitrogen and oxygen atoms in total. The Balaban J connectivity index is 3.54. The Labute approximate surface area is 122 Å². The number of carboxylic acids is 1. The summed E-state index contributed by atoms with van der Waals surface area (Å²) in [7, 11) is 0. The van der Waals surface area contributed by atoms with Gasteiger partial charge in [0.1, 0.15) is 0 Å². The zero-order valence-electron chi connectivity index (χ0n) is 9.31. The van der Waals surface area contributed by atoms with Crippen LogP contribution >= 0.6 is 22.6 Å². The zero-order chi connectivity index (χ0) is 15.7. The van der Waals surface area contributed by atoms with E-state index in [1.807, 2.05) is 0 Å².